The van der Waals surface area contributed by atoms with Gasteiger partial charge < -0.3 is 20.1 Å². The molecule has 0 amide bonds. The van der Waals surface area contributed by atoms with Gasteiger partial charge in [-0.05, 0) is 33.1 Å². The summed E-state index contributed by atoms with van der Waals surface area (Å²) < 4.78 is 11.3. The molecule has 0 fully saturated rings. The second kappa shape index (κ2) is 8.55. The molecule has 0 saturated heterocycles. The van der Waals surface area contributed by atoms with Gasteiger partial charge in [0.05, 0.1) is 20.3 Å². The van der Waals surface area contributed by atoms with Crippen molar-refractivity contribution in [2.24, 2.45) is 16.7 Å². The average molecular weight is 345 g/mol. The second-order valence-electron chi connectivity index (χ2n) is 6.00. The molecule has 2 aromatic rings. The summed E-state index contributed by atoms with van der Waals surface area (Å²) in [6.45, 7) is 0.830. The van der Waals surface area contributed by atoms with Crippen molar-refractivity contribution in [1.82, 2.24) is 10.0 Å². The van der Waals surface area contributed by atoms with Gasteiger partial charge in [-0.15, -0.1) is 0 Å². The maximum atomic E-state index is 6.15. The van der Waals surface area contributed by atoms with Crippen molar-refractivity contribution in [3.8, 4) is 11.5 Å². The van der Waals surface area contributed by atoms with Gasteiger partial charge in [0.2, 0.25) is 0 Å². The Bertz CT molecular complexity index is 733. The molecule has 0 aliphatic heterocycles. The standard InChI is InChI=1S/C18H27N5O2/c1-22(2)10-9-16(23(20)21-12-19)15-11-17(24-3)13-7-5-6-8-14(13)18(15)25-4/h5-8,11-12,16H,9-10,20H2,1-4H3,(H2,19,21). The van der Waals surface area contributed by atoms with Crippen LogP contribution in [0.25, 0.3) is 10.8 Å². The molecule has 0 aliphatic carbocycles. The van der Waals surface area contributed by atoms with Crippen LogP contribution in [0.1, 0.15) is 18.0 Å². The highest BCUT2D eigenvalue weighted by atomic mass is 16.5. The average Bonchev–Trinajstić information content (AvgIpc) is 2.61. The smallest absolute Gasteiger partial charge is 0.132 e. The van der Waals surface area contributed by atoms with Crippen LogP contribution in [0.4, 0.5) is 0 Å². The molecule has 2 rings (SSSR count). The summed E-state index contributed by atoms with van der Waals surface area (Å²) >= 11 is 0. The first-order valence-electron chi connectivity index (χ1n) is 8.09. The SMILES string of the molecule is COc1cc(C(CCN(C)C)N(N)/N=C\N)c(OC)c2ccccc12. The van der Waals surface area contributed by atoms with E-state index >= 15 is 0 Å². The fourth-order valence-electron chi connectivity index (χ4n) is 2.95. The third kappa shape index (κ3) is 4.12. The number of ether oxygens (including phenoxy) is 2. The summed E-state index contributed by atoms with van der Waals surface area (Å²) in [7, 11) is 7.35. The lowest BCUT2D eigenvalue weighted by Crippen LogP contribution is -2.33. The molecule has 7 nitrogen and oxygen atoms in total. The van der Waals surface area contributed by atoms with E-state index in [0.717, 1.165) is 40.8 Å². The number of benzene rings is 2. The first-order valence-corrected chi connectivity index (χ1v) is 8.09. The first-order chi connectivity index (χ1) is 12.0. The quantitative estimate of drug-likeness (QED) is 0.329. The van der Waals surface area contributed by atoms with Gasteiger partial charge in [-0.3, -0.25) is 0 Å². The summed E-state index contributed by atoms with van der Waals surface area (Å²) in [6.07, 6.45) is 1.94. The van der Waals surface area contributed by atoms with Gasteiger partial charge in [0.15, 0.2) is 0 Å². The summed E-state index contributed by atoms with van der Waals surface area (Å²) in [5, 5.41) is 7.37. The van der Waals surface area contributed by atoms with Crippen LogP contribution in [0.5, 0.6) is 11.5 Å². The van der Waals surface area contributed by atoms with Gasteiger partial charge in [0, 0.05) is 16.3 Å². The van der Waals surface area contributed by atoms with Crippen molar-refractivity contribution in [3.63, 3.8) is 0 Å². The molecule has 7 heteroatoms. The number of hydrogen-bond donors (Lipinski definition) is 2. The van der Waals surface area contributed by atoms with Crippen LogP contribution < -0.4 is 21.1 Å². The Hall–Kier alpha value is -2.51. The minimum atomic E-state index is -0.212. The van der Waals surface area contributed by atoms with Crippen molar-refractivity contribution < 1.29 is 9.47 Å². The van der Waals surface area contributed by atoms with Crippen molar-refractivity contribution in [2.75, 3.05) is 34.9 Å². The molecule has 2 aromatic carbocycles. The fraction of sp³-hybridized carbons (Fsp3) is 0.389. The van der Waals surface area contributed by atoms with Gasteiger partial charge >= 0.3 is 0 Å². The third-order valence-electron chi connectivity index (χ3n) is 4.14. The van der Waals surface area contributed by atoms with E-state index in [1.807, 2.05) is 44.4 Å². The number of hydrazine groups is 1. The molecular weight excluding hydrogens is 318 g/mol. The highest BCUT2D eigenvalue weighted by Crippen LogP contribution is 2.41. The van der Waals surface area contributed by atoms with Gasteiger partial charge in [0.25, 0.3) is 0 Å². The van der Waals surface area contributed by atoms with Crippen molar-refractivity contribution in [2.45, 2.75) is 12.5 Å². The lowest BCUT2D eigenvalue weighted by molar-refractivity contribution is 0.184. The number of methoxy groups -OCH3 is 2. The van der Waals surface area contributed by atoms with Crippen LogP contribution in [0.2, 0.25) is 0 Å². The number of fused-ring (bicyclic) bond motifs is 1. The summed E-state index contributed by atoms with van der Waals surface area (Å²) in [5.74, 6) is 7.68. The molecule has 0 radical (unpaired) electrons. The van der Waals surface area contributed by atoms with E-state index in [-0.39, 0.29) is 6.04 Å². The van der Waals surface area contributed by atoms with Gasteiger partial charge in [-0.2, -0.15) is 5.10 Å². The van der Waals surface area contributed by atoms with E-state index in [4.69, 9.17) is 21.1 Å². The number of rotatable bonds is 8. The molecular formula is C18H27N5O2. The van der Waals surface area contributed by atoms with Crippen LogP contribution in [-0.2, 0) is 0 Å². The Balaban J connectivity index is 2.64. The molecule has 0 aliphatic rings. The predicted molar refractivity (Wildman–Crippen MR) is 102 cm³/mol. The normalized spacial score (nSPS) is 12.7. The molecule has 0 bridgehead atoms. The van der Waals surface area contributed by atoms with Crippen LogP contribution >= 0.6 is 0 Å². The third-order valence-corrected chi connectivity index (χ3v) is 4.14. The Morgan fingerprint density at radius 2 is 1.84 bits per heavy atom. The Labute approximate surface area is 148 Å². The summed E-state index contributed by atoms with van der Waals surface area (Å²) in [5.41, 5.74) is 6.35. The minimum absolute atomic E-state index is 0.212. The van der Waals surface area contributed by atoms with E-state index in [2.05, 4.69) is 10.0 Å². The molecule has 4 N–H and O–H groups in total. The Morgan fingerprint density at radius 1 is 1.16 bits per heavy atom. The first kappa shape index (κ1) is 18.8. The van der Waals surface area contributed by atoms with E-state index < -0.39 is 0 Å². The monoisotopic (exact) mass is 345 g/mol. The van der Waals surface area contributed by atoms with Crippen molar-refractivity contribution in [1.29, 1.82) is 0 Å². The lowest BCUT2D eigenvalue weighted by Gasteiger charge is -2.28. The molecule has 0 aromatic heterocycles. The second-order valence-corrected chi connectivity index (χ2v) is 6.00. The van der Waals surface area contributed by atoms with Crippen LogP contribution in [0, 0.1) is 0 Å². The number of hydrazone groups is 1. The summed E-state index contributed by atoms with van der Waals surface area (Å²) in [4.78, 5) is 2.09. The molecule has 136 valence electrons. The predicted octanol–water partition coefficient (Wildman–Crippen LogP) is 1.93. The van der Waals surface area contributed by atoms with Crippen molar-refractivity contribution in [3.05, 3.63) is 35.9 Å². The highest BCUT2D eigenvalue weighted by Gasteiger charge is 2.24. The van der Waals surface area contributed by atoms with Gasteiger partial charge in [0.1, 0.15) is 17.8 Å². The fourth-order valence-corrected chi connectivity index (χ4v) is 2.95. The summed E-state index contributed by atoms with van der Waals surface area (Å²) in [6, 6.07) is 9.72. The van der Waals surface area contributed by atoms with Crippen LogP contribution in [-0.4, -0.2) is 51.2 Å². The zero-order valence-corrected chi connectivity index (χ0v) is 15.3. The Morgan fingerprint density at radius 3 is 2.40 bits per heavy atom. The topological polar surface area (TPSA) is 89.3 Å². The van der Waals surface area contributed by atoms with Crippen LogP contribution in [0.3, 0.4) is 0 Å². The van der Waals surface area contributed by atoms with Gasteiger partial charge in [-0.25, -0.2) is 11.0 Å². The Kier molecular flexibility index (Phi) is 6.44. The van der Waals surface area contributed by atoms with Crippen LogP contribution in [0.15, 0.2) is 35.4 Å². The maximum absolute atomic E-state index is 6.15. The highest BCUT2D eigenvalue weighted by molar-refractivity contribution is 5.94. The van der Waals surface area contributed by atoms with E-state index in [1.54, 1.807) is 14.2 Å². The lowest BCUT2D eigenvalue weighted by atomic mass is 9.97. The number of nitrogens with two attached hydrogens (primary N) is 2. The van der Waals surface area contributed by atoms with E-state index in [9.17, 15) is 0 Å². The van der Waals surface area contributed by atoms with E-state index in [0.29, 0.717) is 0 Å². The molecule has 0 spiro atoms. The molecule has 0 saturated carbocycles. The van der Waals surface area contributed by atoms with Gasteiger partial charge in [-0.1, -0.05) is 24.3 Å². The van der Waals surface area contributed by atoms with Crippen molar-refractivity contribution >= 4 is 17.1 Å². The molecule has 1 unspecified atom stereocenters. The molecule has 25 heavy (non-hydrogen) atoms. The number of nitrogens with zero attached hydrogens (tertiary/aromatic N) is 3. The largest absolute Gasteiger partial charge is 0.496 e. The maximum Gasteiger partial charge on any atom is 0.132 e. The minimum Gasteiger partial charge on any atom is -0.496 e. The number of hydrogen-bond acceptors (Lipinski definition) is 6. The zero-order valence-electron chi connectivity index (χ0n) is 15.3. The van der Waals surface area contributed by atoms with E-state index in [1.165, 1.54) is 11.5 Å². The molecule has 0 heterocycles. The zero-order chi connectivity index (χ0) is 18.4. The molecule has 1 atom stereocenters.